The molecular weight excluding hydrogens is 380 g/mol. The third kappa shape index (κ3) is 4.66. The van der Waals surface area contributed by atoms with Gasteiger partial charge in [0.2, 0.25) is 5.95 Å². The van der Waals surface area contributed by atoms with E-state index in [1.54, 1.807) is 18.7 Å². The number of hydrogen-bond acceptors (Lipinski definition) is 8. The van der Waals surface area contributed by atoms with Crippen LogP contribution in [0.4, 0.5) is 23.3 Å². The minimum atomic E-state index is 0.0823. The average Bonchev–Trinajstić information content (AvgIpc) is 2.81. The van der Waals surface area contributed by atoms with Crippen LogP contribution in [0.1, 0.15) is 12.8 Å². The fourth-order valence-electron chi connectivity index (χ4n) is 3.11. The van der Waals surface area contributed by atoms with E-state index in [2.05, 4.69) is 38.5 Å². The highest BCUT2D eigenvalue weighted by Crippen LogP contribution is 2.27. The van der Waals surface area contributed by atoms with Gasteiger partial charge >= 0.3 is 0 Å². The average molecular weight is 404 g/mol. The number of nitrogens with one attached hydrogen (secondary N) is 1. The Kier molecular flexibility index (Phi) is 6.05. The van der Waals surface area contributed by atoms with Gasteiger partial charge in [0.1, 0.15) is 23.7 Å². The van der Waals surface area contributed by atoms with Gasteiger partial charge in [0.15, 0.2) is 0 Å². The van der Waals surface area contributed by atoms with Gasteiger partial charge < -0.3 is 25.0 Å². The highest BCUT2D eigenvalue weighted by Gasteiger charge is 2.15. The van der Waals surface area contributed by atoms with Crippen LogP contribution in [0.5, 0.6) is 0 Å². The van der Waals surface area contributed by atoms with Gasteiger partial charge in [-0.2, -0.15) is 4.98 Å². The fourth-order valence-corrected chi connectivity index (χ4v) is 3.11. The molecule has 0 amide bonds. The van der Waals surface area contributed by atoms with Gasteiger partial charge in [-0.15, -0.1) is 0 Å². The molecule has 0 unspecified atom stereocenters. The number of hydrogen-bond donors (Lipinski definition) is 2. The minimum Gasteiger partial charge on any atom is -0.462 e. The molecule has 0 atom stereocenters. The largest absolute Gasteiger partial charge is 0.462 e. The van der Waals surface area contributed by atoms with E-state index >= 15 is 0 Å². The number of pyridine rings is 1. The topological polar surface area (TPSA) is 86.6 Å². The van der Waals surface area contributed by atoms with Gasteiger partial charge in [-0.3, -0.25) is 0 Å². The molecule has 1 aliphatic heterocycles. The quantitative estimate of drug-likeness (QED) is 0.726. The van der Waals surface area contributed by atoms with Gasteiger partial charge in [0.05, 0.1) is 24.7 Å². The van der Waals surface area contributed by atoms with Gasteiger partial charge in [-0.05, 0) is 36.6 Å². The van der Waals surface area contributed by atoms with Crippen LogP contribution < -0.4 is 15.1 Å². The van der Waals surface area contributed by atoms with Crippen LogP contribution in [0.15, 0.2) is 78.8 Å². The predicted octanol–water partition coefficient (Wildman–Crippen LogP) is 3.47. The maximum atomic E-state index is 9.05. The lowest BCUT2D eigenvalue weighted by Crippen LogP contribution is -2.22. The maximum Gasteiger partial charge on any atom is 0.229 e. The van der Waals surface area contributed by atoms with Crippen LogP contribution in [-0.2, 0) is 4.74 Å². The van der Waals surface area contributed by atoms with Gasteiger partial charge in [-0.1, -0.05) is 18.2 Å². The van der Waals surface area contributed by atoms with Crippen molar-refractivity contribution >= 4 is 23.3 Å². The van der Waals surface area contributed by atoms with Crippen LogP contribution in [0.2, 0.25) is 0 Å². The molecule has 3 heterocycles. The number of likely N-dealkylation sites (N-methyl/N-ethyl adjacent to an activating group) is 1. The summed E-state index contributed by atoms with van der Waals surface area (Å²) >= 11 is 0. The highest BCUT2D eigenvalue weighted by atomic mass is 16.5. The second-order valence-corrected chi connectivity index (χ2v) is 6.88. The molecule has 0 radical (unpaired) electrons. The molecule has 2 aromatic heterocycles. The molecule has 2 N–H and O–H groups in total. The molecule has 0 bridgehead atoms. The molecule has 0 saturated carbocycles. The summed E-state index contributed by atoms with van der Waals surface area (Å²) in [6, 6.07) is 5.63. The third-order valence-electron chi connectivity index (χ3n) is 4.74. The molecule has 0 aromatic carbocycles. The number of aliphatic hydroxyl groups is 1. The SMILES string of the molecule is CN(CCO)c1ccc(Nc2nccc(N3C=COC(C4=CC=CCC4)=C3)n2)cn1. The number of rotatable bonds is 7. The Bertz CT molecular complexity index is 997. The lowest BCUT2D eigenvalue weighted by Gasteiger charge is -2.22. The summed E-state index contributed by atoms with van der Waals surface area (Å²) in [5, 5.41) is 12.2. The van der Waals surface area contributed by atoms with E-state index in [1.807, 2.05) is 47.4 Å². The Hall–Kier alpha value is -3.65. The second kappa shape index (κ2) is 9.23. The van der Waals surface area contributed by atoms with E-state index < -0.39 is 0 Å². The summed E-state index contributed by atoms with van der Waals surface area (Å²) in [6.07, 6.45) is 17.1. The first-order chi connectivity index (χ1) is 14.7. The van der Waals surface area contributed by atoms with E-state index in [1.165, 1.54) is 0 Å². The Balaban J connectivity index is 1.48. The molecule has 2 aliphatic rings. The first-order valence-corrected chi connectivity index (χ1v) is 9.80. The summed E-state index contributed by atoms with van der Waals surface area (Å²) in [7, 11) is 1.88. The smallest absolute Gasteiger partial charge is 0.229 e. The Morgan fingerprint density at radius 2 is 2.20 bits per heavy atom. The standard InChI is InChI=1S/C22H24N6O2/c1-27(11-13-29)20-8-7-18(15-24-20)25-22-23-10-9-21(26-22)28-12-14-30-19(16-28)17-5-3-2-4-6-17/h2-3,5,7-10,12,14-16,29H,4,6,11,13H2,1H3,(H,23,25,26). The second-order valence-electron chi connectivity index (χ2n) is 6.88. The Morgan fingerprint density at radius 3 is 2.97 bits per heavy atom. The van der Waals surface area contributed by atoms with Crippen LogP contribution >= 0.6 is 0 Å². The normalized spacial score (nSPS) is 15.3. The van der Waals surface area contributed by atoms with Crippen molar-refractivity contribution in [1.29, 1.82) is 0 Å². The Labute approximate surface area is 175 Å². The summed E-state index contributed by atoms with van der Waals surface area (Å²) in [5.41, 5.74) is 1.94. The van der Waals surface area contributed by atoms with Gasteiger partial charge in [0, 0.05) is 26.0 Å². The third-order valence-corrected chi connectivity index (χ3v) is 4.74. The van der Waals surface area contributed by atoms with E-state index in [9.17, 15) is 0 Å². The molecule has 30 heavy (non-hydrogen) atoms. The highest BCUT2D eigenvalue weighted by molar-refractivity contribution is 5.58. The minimum absolute atomic E-state index is 0.0823. The van der Waals surface area contributed by atoms with Crippen molar-refractivity contribution in [2.75, 3.05) is 35.3 Å². The monoisotopic (exact) mass is 404 g/mol. The van der Waals surface area contributed by atoms with Crippen LogP contribution in [0.25, 0.3) is 0 Å². The lowest BCUT2D eigenvalue weighted by molar-refractivity contribution is 0.304. The molecule has 0 fully saturated rings. The van der Waals surface area contributed by atoms with Crippen molar-refractivity contribution in [3.8, 4) is 0 Å². The number of aliphatic hydroxyl groups excluding tert-OH is 1. The zero-order chi connectivity index (χ0) is 20.8. The van der Waals surface area contributed by atoms with E-state index in [-0.39, 0.29) is 6.61 Å². The van der Waals surface area contributed by atoms with Crippen LogP contribution in [0.3, 0.4) is 0 Å². The molecule has 8 nitrogen and oxygen atoms in total. The molecular formula is C22H24N6O2. The van der Waals surface area contributed by atoms with Crippen molar-refractivity contribution in [1.82, 2.24) is 15.0 Å². The number of allylic oxidation sites excluding steroid dienone is 4. The maximum absolute atomic E-state index is 9.05. The molecule has 0 spiro atoms. The van der Waals surface area contributed by atoms with E-state index in [0.29, 0.717) is 12.5 Å². The molecule has 4 rings (SSSR count). The first-order valence-electron chi connectivity index (χ1n) is 9.80. The zero-order valence-corrected chi connectivity index (χ0v) is 16.8. The van der Waals surface area contributed by atoms with Crippen LogP contribution in [-0.4, -0.2) is 40.3 Å². The van der Waals surface area contributed by atoms with Crippen molar-refractivity contribution in [3.05, 3.63) is 78.8 Å². The fraction of sp³-hybridized carbons (Fsp3) is 0.227. The molecule has 2 aromatic rings. The number of aromatic nitrogens is 3. The van der Waals surface area contributed by atoms with Crippen molar-refractivity contribution in [2.45, 2.75) is 12.8 Å². The van der Waals surface area contributed by atoms with Gasteiger partial charge in [-0.25, -0.2) is 9.97 Å². The summed E-state index contributed by atoms with van der Waals surface area (Å²) in [4.78, 5) is 17.1. The lowest BCUT2D eigenvalue weighted by atomic mass is 10.0. The van der Waals surface area contributed by atoms with Gasteiger partial charge in [0.25, 0.3) is 0 Å². The number of anilines is 4. The van der Waals surface area contributed by atoms with E-state index in [0.717, 1.165) is 41.5 Å². The number of nitrogens with zero attached hydrogens (tertiary/aromatic N) is 5. The first kappa shape index (κ1) is 19.7. The zero-order valence-electron chi connectivity index (χ0n) is 16.8. The number of ether oxygens (including phenoxy) is 1. The van der Waals surface area contributed by atoms with Crippen molar-refractivity contribution in [3.63, 3.8) is 0 Å². The predicted molar refractivity (Wildman–Crippen MR) is 117 cm³/mol. The van der Waals surface area contributed by atoms with Crippen molar-refractivity contribution in [2.24, 2.45) is 0 Å². The van der Waals surface area contributed by atoms with Crippen LogP contribution in [0, 0.1) is 0 Å². The molecule has 154 valence electrons. The Morgan fingerprint density at radius 1 is 1.27 bits per heavy atom. The summed E-state index contributed by atoms with van der Waals surface area (Å²) < 4.78 is 5.69. The van der Waals surface area contributed by atoms with Crippen molar-refractivity contribution < 1.29 is 9.84 Å². The molecule has 0 saturated heterocycles. The molecule has 1 aliphatic carbocycles. The summed E-state index contributed by atoms with van der Waals surface area (Å²) in [6.45, 7) is 0.611. The summed E-state index contributed by atoms with van der Waals surface area (Å²) in [5.74, 6) is 2.80. The molecule has 8 heteroatoms. The van der Waals surface area contributed by atoms with E-state index in [4.69, 9.17) is 9.84 Å².